The Labute approximate surface area is 141 Å². The summed E-state index contributed by atoms with van der Waals surface area (Å²) in [6.45, 7) is 4.70. The molecule has 3 rings (SSSR count). The van der Waals surface area contributed by atoms with E-state index < -0.39 is 0 Å². The molecule has 0 bridgehead atoms. The van der Waals surface area contributed by atoms with E-state index in [1.54, 1.807) is 19.5 Å². The third-order valence-electron chi connectivity index (χ3n) is 4.30. The highest BCUT2D eigenvalue weighted by atomic mass is 16.5. The Morgan fingerprint density at radius 2 is 2.04 bits per heavy atom. The van der Waals surface area contributed by atoms with Gasteiger partial charge in [0, 0.05) is 19.6 Å². The first kappa shape index (κ1) is 16.9. The molecule has 2 saturated heterocycles. The van der Waals surface area contributed by atoms with Crippen LogP contribution in [-0.2, 0) is 9.53 Å². The number of aromatic nitrogens is 2. The number of likely N-dealkylation sites (tertiary alicyclic amines) is 1. The molecule has 1 aromatic heterocycles. The van der Waals surface area contributed by atoms with Gasteiger partial charge in [-0.2, -0.15) is 9.97 Å². The van der Waals surface area contributed by atoms with Gasteiger partial charge in [0.25, 0.3) is 0 Å². The summed E-state index contributed by atoms with van der Waals surface area (Å²) in [4.78, 5) is 24.6. The highest BCUT2D eigenvalue weighted by Crippen LogP contribution is 2.17. The van der Waals surface area contributed by atoms with Crippen LogP contribution in [0.3, 0.4) is 0 Å². The van der Waals surface area contributed by atoms with Crippen molar-refractivity contribution in [3.05, 3.63) is 12.4 Å². The lowest BCUT2D eigenvalue weighted by Crippen LogP contribution is -2.49. The van der Waals surface area contributed by atoms with Gasteiger partial charge in [0.2, 0.25) is 5.91 Å². The molecule has 1 atom stereocenters. The first-order valence-electron chi connectivity index (χ1n) is 8.35. The van der Waals surface area contributed by atoms with Gasteiger partial charge in [0.1, 0.15) is 6.10 Å². The van der Waals surface area contributed by atoms with Crippen LogP contribution >= 0.6 is 0 Å². The summed E-state index contributed by atoms with van der Waals surface area (Å²) in [6.07, 6.45) is 5.12. The Kier molecular flexibility index (Phi) is 5.81. The number of morpholine rings is 1. The van der Waals surface area contributed by atoms with E-state index in [4.69, 9.17) is 14.2 Å². The van der Waals surface area contributed by atoms with Crippen LogP contribution < -0.4 is 9.47 Å². The minimum absolute atomic E-state index is 0.00429. The molecular formula is C16H24N4O4. The minimum Gasteiger partial charge on any atom is -0.494 e. The summed E-state index contributed by atoms with van der Waals surface area (Å²) in [7, 11) is 1.57. The smallest absolute Gasteiger partial charge is 0.316 e. The predicted molar refractivity (Wildman–Crippen MR) is 86.1 cm³/mol. The molecule has 0 radical (unpaired) electrons. The predicted octanol–water partition coefficient (Wildman–Crippen LogP) is 0.187. The van der Waals surface area contributed by atoms with Crippen molar-refractivity contribution in [3.63, 3.8) is 0 Å². The van der Waals surface area contributed by atoms with Crippen molar-refractivity contribution in [2.75, 3.05) is 53.0 Å². The monoisotopic (exact) mass is 336 g/mol. The number of carbonyl (C=O) groups is 1. The first-order valence-corrected chi connectivity index (χ1v) is 8.35. The number of methoxy groups -OCH3 is 1. The Morgan fingerprint density at radius 1 is 1.29 bits per heavy atom. The second-order valence-corrected chi connectivity index (χ2v) is 6.02. The van der Waals surface area contributed by atoms with Crippen molar-refractivity contribution in [1.82, 2.24) is 19.8 Å². The maximum absolute atomic E-state index is 12.4. The molecular weight excluding hydrogens is 312 g/mol. The molecule has 0 saturated carbocycles. The third kappa shape index (κ3) is 4.55. The van der Waals surface area contributed by atoms with Crippen LogP contribution in [0.25, 0.3) is 0 Å². The van der Waals surface area contributed by atoms with Crippen LogP contribution in [-0.4, -0.2) is 84.8 Å². The highest BCUT2D eigenvalue weighted by molar-refractivity contribution is 5.78. The molecule has 8 nitrogen and oxygen atoms in total. The molecule has 2 aliphatic heterocycles. The summed E-state index contributed by atoms with van der Waals surface area (Å²) in [5.74, 6) is 0.767. The van der Waals surface area contributed by atoms with Crippen LogP contribution in [0.1, 0.15) is 12.8 Å². The van der Waals surface area contributed by atoms with E-state index in [-0.39, 0.29) is 12.0 Å². The average Bonchev–Trinajstić information content (AvgIpc) is 2.63. The zero-order chi connectivity index (χ0) is 16.8. The molecule has 0 N–H and O–H groups in total. The second-order valence-electron chi connectivity index (χ2n) is 6.02. The molecule has 1 unspecified atom stereocenters. The zero-order valence-corrected chi connectivity index (χ0v) is 14.0. The molecule has 24 heavy (non-hydrogen) atoms. The molecule has 1 aromatic rings. The summed E-state index contributed by atoms with van der Waals surface area (Å²) in [5.41, 5.74) is 0. The van der Waals surface area contributed by atoms with E-state index in [1.165, 1.54) is 0 Å². The molecule has 2 aliphatic rings. The fraction of sp³-hybridized carbons (Fsp3) is 0.688. The zero-order valence-electron chi connectivity index (χ0n) is 14.0. The molecule has 3 heterocycles. The molecule has 1 amide bonds. The lowest BCUT2D eigenvalue weighted by Gasteiger charge is -2.34. The van der Waals surface area contributed by atoms with Gasteiger partial charge in [-0.05, 0) is 19.4 Å². The SMILES string of the molecule is COc1cnc(OC2CCCN(CC(=O)N3CCOCC3)C2)nc1. The van der Waals surface area contributed by atoms with Crippen molar-refractivity contribution >= 4 is 5.91 Å². The molecule has 2 fully saturated rings. The fourth-order valence-electron chi connectivity index (χ4n) is 2.98. The molecule has 132 valence electrons. The number of amides is 1. The Morgan fingerprint density at radius 3 is 2.75 bits per heavy atom. The first-order chi connectivity index (χ1) is 11.7. The van der Waals surface area contributed by atoms with E-state index >= 15 is 0 Å². The third-order valence-corrected chi connectivity index (χ3v) is 4.30. The standard InChI is InChI=1S/C16H24N4O4/c1-22-14-9-17-16(18-10-14)24-13-3-2-4-19(11-13)12-15(21)20-5-7-23-8-6-20/h9-10,13H,2-8,11-12H2,1H3. The van der Waals surface area contributed by atoms with Crippen molar-refractivity contribution in [3.8, 4) is 11.8 Å². The Hall–Kier alpha value is -1.93. The van der Waals surface area contributed by atoms with Gasteiger partial charge in [0.05, 0.1) is 39.3 Å². The van der Waals surface area contributed by atoms with Crippen LogP contribution in [0.5, 0.6) is 11.8 Å². The van der Waals surface area contributed by atoms with E-state index in [0.29, 0.717) is 51.2 Å². The van der Waals surface area contributed by atoms with E-state index in [2.05, 4.69) is 14.9 Å². The maximum atomic E-state index is 12.4. The molecule has 0 aliphatic carbocycles. The number of hydrogen-bond acceptors (Lipinski definition) is 7. The largest absolute Gasteiger partial charge is 0.494 e. The normalized spacial score (nSPS) is 22.2. The second kappa shape index (κ2) is 8.25. The van der Waals surface area contributed by atoms with Gasteiger partial charge in [0.15, 0.2) is 5.75 Å². The van der Waals surface area contributed by atoms with E-state index in [0.717, 1.165) is 19.4 Å². The van der Waals surface area contributed by atoms with Gasteiger partial charge < -0.3 is 19.1 Å². The number of ether oxygens (including phenoxy) is 3. The summed E-state index contributed by atoms with van der Waals surface area (Å²) < 4.78 is 16.2. The fourth-order valence-corrected chi connectivity index (χ4v) is 2.98. The summed E-state index contributed by atoms with van der Waals surface area (Å²) >= 11 is 0. The Bertz CT molecular complexity index is 533. The summed E-state index contributed by atoms with van der Waals surface area (Å²) in [6, 6.07) is 0.349. The van der Waals surface area contributed by atoms with Crippen LogP contribution in [0, 0.1) is 0 Å². The van der Waals surface area contributed by atoms with Crippen LogP contribution in [0.4, 0.5) is 0 Å². The van der Waals surface area contributed by atoms with Gasteiger partial charge >= 0.3 is 6.01 Å². The van der Waals surface area contributed by atoms with E-state index in [9.17, 15) is 4.79 Å². The van der Waals surface area contributed by atoms with Crippen molar-refractivity contribution in [2.24, 2.45) is 0 Å². The number of piperidine rings is 1. The number of nitrogens with zero attached hydrogens (tertiary/aromatic N) is 4. The number of rotatable bonds is 5. The van der Waals surface area contributed by atoms with Gasteiger partial charge in [-0.3, -0.25) is 9.69 Å². The highest BCUT2D eigenvalue weighted by Gasteiger charge is 2.26. The topological polar surface area (TPSA) is 77.0 Å². The lowest BCUT2D eigenvalue weighted by molar-refractivity contribution is -0.137. The van der Waals surface area contributed by atoms with Gasteiger partial charge in [-0.1, -0.05) is 0 Å². The van der Waals surface area contributed by atoms with Gasteiger partial charge in [-0.25, -0.2) is 0 Å². The molecule has 8 heteroatoms. The number of carbonyl (C=O) groups excluding carboxylic acids is 1. The molecule has 0 spiro atoms. The van der Waals surface area contributed by atoms with Crippen molar-refractivity contribution in [1.29, 1.82) is 0 Å². The van der Waals surface area contributed by atoms with Crippen molar-refractivity contribution < 1.29 is 19.0 Å². The van der Waals surface area contributed by atoms with Crippen LogP contribution in [0.2, 0.25) is 0 Å². The minimum atomic E-state index is 0.00429. The maximum Gasteiger partial charge on any atom is 0.316 e. The van der Waals surface area contributed by atoms with Gasteiger partial charge in [-0.15, -0.1) is 0 Å². The number of hydrogen-bond donors (Lipinski definition) is 0. The quantitative estimate of drug-likeness (QED) is 0.759. The molecule has 0 aromatic carbocycles. The summed E-state index contributed by atoms with van der Waals surface area (Å²) in [5, 5.41) is 0. The lowest BCUT2D eigenvalue weighted by atomic mass is 10.1. The Balaban J connectivity index is 1.49. The van der Waals surface area contributed by atoms with Crippen LogP contribution in [0.15, 0.2) is 12.4 Å². The van der Waals surface area contributed by atoms with Crippen molar-refractivity contribution in [2.45, 2.75) is 18.9 Å². The average molecular weight is 336 g/mol. The van der Waals surface area contributed by atoms with E-state index in [1.807, 2.05) is 4.90 Å².